The molecule has 1 aromatic heterocycles. The molecule has 18 heavy (non-hydrogen) atoms. The van der Waals surface area contributed by atoms with Crippen molar-refractivity contribution in [1.29, 1.82) is 0 Å². The molecule has 1 atom stereocenters. The number of aliphatic hydroxyl groups excluding tert-OH is 1. The van der Waals surface area contributed by atoms with Crippen LogP contribution in [0.4, 0.5) is 0 Å². The highest BCUT2D eigenvalue weighted by Crippen LogP contribution is 2.10. The molecule has 0 aromatic carbocycles. The first-order valence-corrected chi connectivity index (χ1v) is 6.68. The molecule has 1 fully saturated rings. The van der Waals surface area contributed by atoms with E-state index in [1.165, 1.54) is 5.56 Å². The van der Waals surface area contributed by atoms with Gasteiger partial charge in [-0.3, -0.25) is 14.8 Å². The number of hydrogen-bond acceptors (Lipinski definition) is 4. The number of piperazine rings is 1. The number of aromatic nitrogens is 1. The molecule has 1 N–H and O–H groups in total. The van der Waals surface area contributed by atoms with Gasteiger partial charge in [-0.25, -0.2) is 0 Å². The quantitative estimate of drug-likeness (QED) is 0.860. The lowest BCUT2D eigenvalue weighted by Gasteiger charge is -2.37. The van der Waals surface area contributed by atoms with Gasteiger partial charge in [0.25, 0.3) is 0 Å². The minimum atomic E-state index is 0.252. The largest absolute Gasteiger partial charge is 0.395 e. The summed E-state index contributed by atoms with van der Waals surface area (Å²) < 4.78 is 0. The first-order chi connectivity index (χ1) is 8.69. The van der Waals surface area contributed by atoms with Crippen LogP contribution in [0, 0.1) is 6.92 Å². The van der Waals surface area contributed by atoms with E-state index >= 15 is 0 Å². The van der Waals surface area contributed by atoms with E-state index in [4.69, 9.17) is 5.11 Å². The highest BCUT2D eigenvalue weighted by Gasteiger charge is 2.20. The Morgan fingerprint density at radius 2 is 2.00 bits per heavy atom. The van der Waals surface area contributed by atoms with Crippen molar-refractivity contribution in [2.24, 2.45) is 0 Å². The van der Waals surface area contributed by atoms with Gasteiger partial charge < -0.3 is 5.11 Å². The lowest BCUT2D eigenvalue weighted by atomic mass is 10.2. The van der Waals surface area contributed by atoms with Gasteiger partial charge in [0.15, 0.2) is 0 Å². The summed E-state index contributed by atoms with van der Waals surface area (Å²) in [6.45, 7) is 9.55. The summed E-state index contributed by atoms with van der Waals surface area (Å²) in [5.74, 6) is 0. The molecule has 0 unspecified atom stereocenters. The molecule has 4 heteroatoms. The van der Waals surface area contributed by atoms with E-state index in [0.717, 1.165) is 38.4 Å². The SMILES string of the molecule is Cc1ccc(CN2CCN([C@H](C)CO)CC2)cn1. The normalized spacial score (nSPS) is 19.9. The van der Waals surface area contributed by atoms with Gasteiger partial charge in [0, 0.05) is 50.7 Å². The van der Waals surface area contributed by atoms with Crippen molar-refractivity contribution < 1.29 is 5.11 Å². The second-order valence-corrected chi connectivity index (χ2v) is 5.15. The Bertz CT molecular complexity index is 358. The zero-order chi connectivity index (χ0) is 13.0. The Morgan fingerprint density at radius 1 is 1.28 bits per heavy atom. The third-order valence-corrected chi connectivity index (χ3v) is 3.67. The Kier molecular flexibility index (Phi) is 4.69. The highest BCUT2D eigenvalue weighted by atomic mass is 16.3. The smallest absolute Gasteiger partial charge is 0.0584 e. The van der Waals surface area contributed by atoms with Gasteiger partial charge >= 0.3 is 0 Å². The number of rotatable bonds is 4. The van der Waals surface area contributed by atoms with Crippen molar-refractivity contribution in [3.63, 3.8) is 0 Å². The number of aryl methyl sites for hydroxylation is 1. The minimum Gasteiger partial charge on any atom is -0.395 e. The maximum atomic E-state index is 9.15. The average Bonchev–Trinajstić information content (AvgIpc) is 2.41. The van der Waals surface area contributed by atoms with Gasteiger partial charge in [-0.1, -0.05) is 6.07 Å². The van der Waals surface area contributed by atoms with Crippen LogP contribution in [0.15, 0.2) is 18.3 Å². The summed E-state index contributed by atoms with van der Waals surface area (Å²) in [5.41, 5.74) is 2.35. The van der Waals surface area contributed by atoms with Crippen molar-refractivity contribution in [1.82, 2.24) is 14.8 Å². The van der Waals surface area contributed by atoms with Crippen molar-refractivity contribution in [2.75, 3.05) is 32.8 Å². The second kappa shape index (κ2) is 6.27. The molecule has 2 rings (SSSR count). The molecule has 0 spiro atoms. The predicted octanol–water partition coefficient (Wildman–Crippen LogP) is 0.888. The molecule has 1 aromatic rings. The van der Waals surface area contributed by atoms with Gasteiger partial charge in [0.1, 0.15) is 0 Å². The summed E-state index contributed by atoms with van der Waals surface area (Å²) in [6, 6.07) is 4.51. The van der Waals surface area contributed by atoms with Gasteiger partial charge in [0.2, 0.25) is 0 Å². The second-order valence-electron chi connectivity index (χ2n) is 5.15. The van der Waals surface area contributed by atoms with Crippen molar-refractivity contribution in [3.05, 3.63) is 29.6 Å². The first kappa shape index (κ1) is 13.5. The average molecular weight is 249 g/mol. The van der Waals surface area contributed by atoms with E-state index in [1.807, 2.05) is 13.1 Å². The molecule has 0 aliphatic carbocycles. The van der Waals surface area contributed by atoms with E-state index in [2.05, 4.69) is 33.8 Å². The molecule has 1 saturated heterocycles. The monoisotopic (exact) mass is 249 g/mol. The number of nitrogens with zero attached hydrogens (tertiary/aromatic N) is 3. The highest BCUT2D eigenvalue weighted by molar-refractivity contribution is 5.13. The van der Waals surface area contributed by atoms with Crippen LogP contribution >= 0.6 is 0 Å². The molecular weight excluding hydrogens is 226 g/mol. The molecule has 0 amide bonds. The summed E-state index contributed by atoms with van der Waals surface area (Å²) in [5, 5.41) is 9.15. The summed E-state index contributed by atoms with van der Waals surface area (Å²) >= 11 is 0. The van der Waals surface area contributed by atoms with Crippen LogP contribution in [0.25, 0.3) is 0 Å². The molecule has 0 saturated carbocycles. The van der Waals surface area contributed by atoms with Crippen LogP contribution in [0.1, 0.15) is 18.2 Å². The first-order valence-electron chi connectivity index (χ1n) is 6.68. The molecule has 0 bridgehead atoms. The van der Waals surface area contributed by atoms with Gasteiger partial charge in [-0.2, -0.15) is 0 Å². The van der Waals surface area contributed by atoms with Crippen molar-refractivity contribution in [3.8, 4) is 0 Å². The van der Waals surface area contributed by atoms with Crippen LogP contribution in [-0.4, -0.2) is 58.7 Å². The van der Waals surface area contributed by atoms with Gasteiger partial charge in [0.05, 0.1) is 6.61 Å². The van der Waals surface area contributed by atoms with Crippen LogP contribution < -0.4 is 0 Å². The lowest BCUT2D eigenvalue weighted by molar-refractivity contribution is 0.0702. The zero-order valence-electron chi connectivity index (χ0n) is 11.3. The summed E-state index contributed by atoms with van der Waals surface area (Å²) in [4.78, 5) is 9.13. The van der Waals surface area contributed by atoms with Crippen molar-refractivity contribution in [2.45, 2.75) is 26.4 Å². The minimum absolute atomic E-state index is 0.252. The van der Waals surface area contributed by atoms with E-state index in [-0.39, 0.29) is 12.6 Å². The Labute approximate surface area is 109 Å². The van der Waals surface area contributed by atoms with E-state index in [1.54, 1.807) is 0 Å². The zero-order valence-corrected chi connectivity index (χ0v) is 11.3. The fourth-order valence-corrected chi connectivity index (χ4v) is 2.33. The van der Waals surface area contributed by atoms with Crippen LogP contribution in [0.5, 0.6) is 0 Å². The standard InChI is InChI=1S/C14H23N3O/c1-12-3-4-14(9-15-12)10-16-5-7-17(8-6-16)13(2)11-18/h3-4,9,13,18H,5-8,10-11H2,1-2H3/t13-/m1/s1. The topological polar surface area (TPSA) is 39.6 Å². The fraction of sp³-hybridized carbons (Fsp3) is 0.643. The van der Waals surface area contributed by atoms with E-state index < -0.39 is 0 Å². The molecule has 1 aliphatic rings. The number of aliphatic hydroxyl groups is 1. The molecule has 1 aliphatic heterocycles. The maximum Gasteiger partial charge on any atom is 0.0584 e. The molecule has 2 heterocycles. The van der Waals surface area contributed by atoms with Gasteiger partial charge in [-0.15, -0.1) is 0 Å². The molecular formula is C14H23N3O. The Balaban J connectivity index is 1.81. The fourth-order valence-electron chi connectivity index (χ4n) is 2.33. The third kappa shape index (κ3) is 3.51. The van der Waals surface area contributed by atoms with Crippen molar-refractivity contribution >= 4 is 0 Å². The van der Waals surface area contributed by atoms with Gasteiger partial charge in [-0.05, 0) is 25.5 Å². The van der Waals surface area contributed by atoms with E-state index in [0.29, 0.717) is 0 Å². The summed E-state index contributed by atoms with van der Waals surface area (Å²) in [7, 11) is 0. The third-order valence-electron chi connectivity index (χ3n) is 3.67. The Hall–Kier alpha value is -0.970. The Morgan fingerprint density at radius 3 is 2.56 bits per heavy atom. The van der Waals surface area contributed by atoms with Crippen LogP contribution in [0.2, 0.25) is 0 Å². The number of hydrogen-bond donors (Lipinski definition) is 1. The number of pyridine rings is 1. The molecule has 0 radical (unpaired) electrons. The van der Waals surface area contributed by atoms with Crippen LogP contribution in [0.3, 0.4) is 0 Å². The molecule has 4 nitrogen and oxygen atoms in total. The molecule has 100 valence electrons. The van der Waals surface area contributed by atoms with E-state index in [9.17, 15) is 0 Å². The predicted molar refractivity (Wildman–Crippen MR) is 72.4 cm³/mol. The lowest BCUT2D eigenvalue weighted by Crippen LogP contribution is -2.50. The van der Waals surface area contributed by atoms with Crippen LogP contribution in [-0.2, 0) is 6.54 Å². The maximum absolute atomic E-state index is 9.15. The summed E-state index contributed by atoms with van der Waals surface area (Å²) in [6.07, 6.45) is 1.97.